The van der Waals surface area contributed by atoms with Crippen LogP contribution in [0.3, 0.4) is 0 Å². The van der Waals surface area contributed by atoms with Gasteiger partial charge in [0.15, 0.2) is 0 Å². The number of ether oxygens (including phenoxy) is 1. The molecule has 0 fully saturated rings. The number of anilines is 1. The highest BCUT2D eigenvalue weighted by molar-refractivity contribution is 7.92. The number of nitrogens with zero attached hydrogens (tertiary/aromatic N) is 1. The van der Waals surface area contributed by atoms with Gasteiger partial charge in [0.05, 0.1) is 30.7 Å². The molecule has 10 heteroatoms. The fourth-order valence-electron chi connectivity index (χ4n) is 3.52. The molecule has 33 heavy (non-hydrogen) atoms. The highest BCUT2D eigenvalue weighted by Crippen LogP contribution is 2.33. The Hall–Kier alpha value is -2.75. The number of nitrogens with one attached hydrogen (secondary N) is 1. The first kappa shape index (κ1) is 26.5. The van der Waals surface area contributed by atoms with Crippen molar-refractivity contribution in [2.24, 2.45) is 0 Å². The molecule has 0 spiro atoms. The van der Waals surface area contributed by atoms with Crippen molar-refractivity contribution in [1.29, 1.82) is 0 Å². The van der Waals surface area contributed by atoms with Crippen LogP contribution in [0.4, 0.5) is 18.9 Å². The van der Waals surface area contributed by atoms with E-state index in [0.717, 1.165) is 57.3 Å². The van der Waals surface area contributed by atoms with Gasteiger partial charge in [0.2, 0.25) is 15.9 Å². The Balaban J connectivity index is 2.25. The number of benzene rings is 2. The van der Waals surface area contributed by atoms with Gasteiger partial charge in [-0.1, -0.05) is 13.8 Å². The fraction of sp³-hybridized carbons (Fsp3) is 0.435. The molecular weight excluding hydrogens is 457 g/mol. The van der Waals surface area contributed by atoms with Crippen LogP contribution in [-0.4, -0.2) is 34.2 Å². The molecule has 0 bridgehead atoms. The number of carbonyl (C=O) groups is 1. The Morgan fingerprint density at radius 3 is 2.12 bits per heavy atom. The van der Waals surface area contributed by atoms with E-state index in [-0.39, 0.29) is 11.6 Å². The third kappa shape index (κ3) is 6.63. The van der Waals surface area contributed by atoms with Gasteiger partial charge in [0.1, 0.15) is 12.3 Å². The summed E-state index contributed by atoms with van der Waals surface area (Å²) in [6.45, 7) is 7.14. The molecule has 0 aliphatic carbocycles. The zero-order valence-corrected chi connectivity index (χ0v) is 20.3. The van der Waals surface area contributed by atoms with Gasteiger partial charge in [0, 0.05) is 0 Å². The van der Waals surface area contributed by atoms with Crippen LogP contribution in [0.15, 0.2) is 36.4 Å². The Kier molecular flexibility index (Phi) is 8.05. The number of aryl methyl sites for hydroxylation is 1. The molecule has 0 heterocycles. The molecule has 0 saturated carbocycles. The molecule has 1 amide bonds. The molecular formula is C23H29F3N2O4S. The van der Waals surface area contributed by atoms with Gasteiger partial charge >= 0.3 is 6.18 Å². The van der Waals surface area contributed by atoms with E-state index < -0.39 is 40.3 Å². The number of hydrogen-bond acceptors (Lipinski definition) is 4. The molecule has 182 valence electrons. The van der Waals surface area contributed by atoms with Gasteiger partial charge in [-0.15, -0.1) is 0 Å². The summed E-state index contributed by atoms with van der Waals surface area (Å²) in [5.41, 5.74) is 1.78. The molecule has 1 N–H and O–H groups in total. The lowest BCUT2D eigenvalue weighted by molar-refractivity contribution is -0.137. The van der Waals surface area contributed by atoms with E-state index in [1.807, 2.05) is 32.9 Å². The van der Waals surface area contributed by atoms with Crippen molar-refractivity contribution in [1.82, 2.24) is 5.32 Å². The maximum absolute atomic E-state index is 12.8. The lowest BCUT2D eigenvalue weighted by atomic mass is 9.93. The minimum absolute atomic E-state index is 0.0315. The molecule has 6 nitrogen and oxygen atoms in total. The first-order valence-electron chi connectivity index (χ1n) is 10.3. The summed E-state index contributed by atoms with van der Waals surface area (Å²) >= 11 is 0. The van der Waals surface area contributed by atoms with Crippen molar-refractivity contribution in [2.75, 3.05) is 24.2 Å². The van der Waals surface area contributed by atoms with Crippen LogP contribution in [0.25, 0.3) is 0 Å². The molecule has 2 rings (SSSR count). The van der Waals surface area contributed by atoms with Gasteiger partial charge in [-0.25, -0.2) is 8.42 Å². The summed E-state index contributed by atoms with van der Waals surface area (Å²) in [6, 6.07) is 7.03. The maximum Gasteiger partial charge on any atom is 0.416 e. The number of methoxy groups -OCH3 is 1. The largest absolute Gasteiger partial charge is 0.496 e. The Bertz CT molecular complexity index is 1100. The molecule has 0 radical (unpaired) electrons. The SMILES string of the molecule is COc1cc(C)c([C@H](C)NC(=O)CN(c2ccc(C(F)(F)F)cc2)S(C)(=O)=O)cc1C(C)C. The Morgan fingerprint density at radius 2 is 1.67 bits per heavy atom. The predicted octanol–water partition coefficient (Wildman–Crippen LogP) is 4.79. The summed E-state index contributed by atoms with van der Waals surface area (Å²) in [7, 11) is -2.33. The van der Waals surface area contributed by atoms with Gasteiger partial charge in [-0.3, -0.25) is 9.10 Å². The molecule has 0 unspecified atom stereocenters. The van der Waals surface area contributed by atoms with E-state index in [1.54, 1.807) is 14.0 Å². The lowest BCUT2D eigenvalue weighted by Crippen LogP contribution is -2.41. The van der Waals surface area contributed by atoms with E-state index in [1.165, 1.54) is 0 Å². The third-order valence-corrected chi connectivity index (χ3v) is 6.40. The topological polar surface area (TPSA) is 75.7 Å². The van der Waals surface area contributed by atoms with Crippen molar-refractivity contribution < 1.29 is 31.1 Å². The molecule has 0 saturated heterocycles. The normalized spacial score (nSPS) is 13.0. The van der Waals surface area contributed by atoms with E-state index in [2.05, 4.69) is 5.32 Å². The second-order valence-corrected chi connectivity index (χ2v) is 10.1. The van der Waals surface area contributed by atoms with Crippen LogP contribution in [0, 0.1) is 6.92 Å². The summed E-state index contributed by atoms with van der Waals surface area (Å²) in [4.78, 5) is 12.7. The average molecular weight is 487 g/mol. The van der Waals surface area contributed by atoms with Crippen LogP contribution in [0.5, 0.6) is 5.75 Å². The summed E-state index contributed by atoms with van der Waals surface area (Å²) in [5, 5.41) is 2.78. The molecule has 0 aliphatic rings. The fourth-order valence-corrected chi connectivity index (χ4v) is 4.38. The van der Waals surface area contributed by atoms with Gasteiger partial charge in [0.25, 0.3) is 0 Å². The van der Waals surface area contributed by atoms with Crippen LogP contribution >= 0.6 is 0 Å². The maximum atomic E-state index is 12.8. The molecule has 2 aromatic carbocycles. The van der Waals surface area contributed by atoms with E-state index in [4.69, 9.17) is 4.74 Å². The number of rotatable bonds is 8. The zero-order valence-electron chi connectivity index (χ0n) is 19.4. The van der Waals surface area contributed by atoms with Crippen molar-refractivity contribution >= 4 is 21.6 Å². The summed E-state index contributed by atoms with van der Waals surface area (Å²) in [6.07, 6.45) is -3.66. The second kappa shape index (κ2) is 10.0. The van der Waals surface area contributed by atoms with Crippen molar-refractivity contribution in [3.8, 4) is 5.75 Å². The number of amides is 1. The van der Waals surface area contributed by atoms with Crippen molar-refractivity contribution in [3.05, 3.63) is 58.7 Å². The van der Waals surface area contributed by atoms with Crippen LogP contribution in [0.1, 0.15) is 55.0 Å². The molecule has 1 atom stereocenters. The number of carbonyl (C=O) groups excluding carboxylic acids is 1. The average Bonchev–Trinajstić information content (AvgIpc) is 2.70. The van der Waals surface area contributed by atoms with Gasteiger partial charge in [-0.2, -0.15) is 13.2 Å². The first-order chi connectivity index (χ1) is 15.1. The summed E-state index contributed by atoms with van der Waals surface area (Å²) < 4.78 is 69.2. The minimum atomic E-state index is -4.55. The number of halogens is 3. The van der Waals surface area contributed by atoms with E-state index in [9.17, 15) is 26.4 Å². The Morgan fingerprint density at radius 1 is 1.09 bits per heavy atom. The minimum Gasteiger partial charge on any atom is -0.496 e. The molecule has 0 aliphatic heterocycles. The van der Waals surface area contributed by atoms with Crippen LogP contribution in [0.2, 0.25) is 0 Å². The monoisotopic (exact) mass is 486 g/mol. The highest BCUT2D eigenvalue weighted by Gasteiger charge is 2.31. The Labute approximate surface area is 192 Å². The first-order valence-corrected chi connectivity index (χ1v) is 12.1. The number of sulfonamides is 1. The smallest absolute Gasteiger partial charge is 0.416 e. The quantitative estimate of drug-likeness (QED) is 0.582. The molecule has 2 aromatic rings. The number of alkyl halides is 3. The zero-order chi connectivity index (χ0) is 25.1. The van der Waals surface area contributed by atoms with E-state index in [0.29, 0.717) is 0 Å². The van der Waals surface area contributed by atoms with Crippen molar-refractivity contribution in [3.63, 3.8) is 0 Å². The van der Waals surface area contributed by atoms with Gasteiger partial charge < -0.3 is 10.1 Å². The highest BCUT2D eigenvalue weighted by atomic mass is 32.2. The summed E-state index contributed by atoms with van der Waals surface area (Å²) in [5.74, 6) is 0.340. The third-order valence-electron chi connectivity index (χ3n) is 5.25. The van der Waals surface area contributed by atoms with E-state index >= 15 is 0 Å². The van der Waals surface area contributed by atoms with Crippen molar-refractivity contribution in [2.45, 2.75) is 45.8 Å². The lowest BCUT2D eigenvalue weighted by Gasteiger charge is -2.25. The standard InChI is InChI=1S/C23H29F3N2O4S/c1-14(2)19-12-20(15(3)11-21(19)32-5)16(4)27-22(29)13-28(33(6,30)31)18-9-7-17(8-10-18)23(24,25)26/h7-12,14,16H,13H2,1-6H3,(H,27,29)/t16-/m0/s1. The van der Waals surface area contributed by atoms with Crippen LogP contribution in [-0.2, 0) is 21.0 Å². The van der Waals surface area contributed by atoms with Gasteiger partial charge in [-0.05, 0) is 72.9 Å². The number of hydrogen-bond donors (Lipinski definition) is 1. The molecule has 0 aromatic heterocycles. The van der Waals surface area contributed by atoms with Crippen LogP contribution < -0.4 is 14.4 Å². The second-order valence-electron chi connectivity index (χ2n) is 8.21. The predicted molar refractivity (Wildman–Crippen MR) is 122 cm³/mol.